The van der Waals surface area contributed by atoms with E-state index in [0.29, 0.717) is 18.4 Å². The van der Waals surface area contributed by atoms with Crippen LogP contribution in [-0.2, 0) is 6.42 Å². The third kappa shape index (κ3) is 3.32. The van der Waals surface area contributed by atoms with Gasteiger partial charge in [-0.15, -0.1) is 0 Å². The van der Waals surface area contributed by atoms with E-state index in [9.17, 15) is 0 Å². The summed E-state index contributed by atoms with van der Waals surface area (Å²) in [7, 11) is 0. The van der Waals surface area contributed by atoms with Crippen molar-refractivity contribution in [2.75, 3.05) is 6.54 Å². The van der Waals surface area contributed by atoms with E-state index in [-0.39, 0.29) is 0 Å². The van der Waals surface area contributed by atoms with Gasteiger partial charge in [-0.1, -0.05) is 37.1 Å². The van der Waals surface area contributed by atoms with Crippen LogP contribution in [0, 0.1) is 5.92 Å². The lowest BCUT2D eigenvalue weighted by atomic mass is 9.83. The van der Waals surface area contributed by atoms with Crippen molar-refractivity contribution >= 4 is 0 Å². The molecule has 1 fully saturated rings. The Morgan fingerprint density at radius 3 is 2.81 bits per heavy atom. The first kappa shape index (κ1) is 14.3. The molecule has 0 unspecified atom stereocenters. The van der Waals surface area contributed by atoms with Gasteiger partial charge in [0.05, 0.1) is 0 Å². The summed E-state index contributed by atoms with van der Waals surface area (Å²) in [6.07, 6.45) is 5.75. The van der Waals surface area contributed by atoms with E-state index in [4.69, 9.17) is 10.3 Å². The van der Waals surface area contributed by atoms with Crippen molar-refractivity contribution in [2.24, 2.45) is 11.7 Å². The maximum atomic E-state index is 5.61. The molecule has 0 spiro atoms. The first-order valence-electron chi connectivity index (χ1n) is 7.89. The zero-order chi connectivity index (χ0) is 14.7. The van der Waals surface area contributed by atoms with E-state index in [0.717, 1.165) is 23.7 Å². The zero-order valence-electron chi connectivity index (χ0n) is 12.6. The second-order valence-electron chi connectivity index (χ2n) is 6.15. The maximum Gasteiger partial charge on any atom is 0.257 e. The Bertz CT molecular complexity index is 585. The molecular weight excluding hydrogens is 262 g/mol. The molecule has 21 heavy (non-hydrogen) atoms. The summed E-state index contributed by atoms with van der Waals surface area (Å²) < 4.78 is 5.47. The number of benzene rings is 1. The van der Waals surface area contributed by atoms with Gasteiger partial charge in [-0.05, 0) is 49.4 Å². The van der Waals surface area contributed by atoms with Gasteiger partial charge in [-0.25, -0.2) is 0 Å². The Hall–Kier alpha value is -1.68. The number of hydrogen-bond acceptors (Lipinski definition) is 4. The second-order valence-corrected chi connectivity index (χ2v) is 6.15. The van der Waals surface area contributed by atoms with Crippen molar-refractivity contribution in [1.29, 1.82) is 0 Å². The number of hydrogen-bond donors (Lipinski definition) is 1. The molecule has 3 rings (SSSR count). The Morgan fingerprint density at radius 2 is 2.05 bits per heavy atom. The van der Waals surface area contributed by atoms with E-state index in [1.54, 1.807) is 0 Å². The van der Waals surface area contributed by atoms with Crippen LogP contribution in [-0.4, -0.2) is 16.7 Å². The Balaban J connectivity index is 1.76. The molecule has 1 aromatic heterocycles. The predicted octanol–water partition coefficient (Wildman–Crippen LogP) is 3.53. The fraction of sp³-hybridized carbons (Fsp3) is 0.529. The summed E-state index contributed by atoms with van der Waals surface area (Å²) in [4.78, 5) is 4.62. The molecule has 0 atom stereocenters. The summed E-state index contributed by atoms with van der Waals surface area (Å²) >= 11 is 0. The van der Waals surface area contributed by atoms with Crippen LogP contribution in [0.25, 0.3) is 11.5 Å². The highest BCUT2D eigenvalue weighted by Crippen LogP contribution is 2.34. The van der Waals surface area contributed by atoms with E-state index in [2.05, 4.69) is 29.2 Å². The first-order chi connectivity index (χ1) is 10.3. The van der Waals surface area contributed by atoms with Gasteiger partial charge < -0.3 is 10.3 Å². The Morgan fingerprint density at radius 1 is 1.24 bits per heavy atom. The van der Waals surface area contributed by atoms with Crippen molar-refractivity contribution in [2.45, 2.75) is 44.9 Å². The molecule has 4 nitrogen and oxygen atoms in total. The van der Waals surface area contributed by atoms with Gasteiger partial charge in [-0.3, -0.25) is 0 Å². The first-order valence-corrected chi connectivity index (χ1v) is 7.89. The molecule has 0 radical (unpaired) electrons. The molecule has 1 aliphatic carbocycles. The lowest BCUT2D eigenvalue weighted by Gasteiger charge is -2.23. The highest BCUT2D eigenvalue weighted by Gasteiger charge is 2.24. The Kier molecular flexibility index (Phi) is 4.34. The van der Waals surface area contributed by atoms with Crippen LogP contribution in [0.3, 0.4) is 0 Å². The number of nitrogens with zero attached hydrogens (tertiary/aromatic N) is 2. The normalized spacial score (nSPS) is 22.4. The molecule has 4 heteroatoms. The smallest absolute Gasteiger partial charge is 0.257 e. The summed E-state index contributed by atoms with van der Waals surface area (Å²) in [5, 5.41) is 4.21. The summed E-state index contributed by atoms with van der Waals surface area (Å²) in [6.45, 7) is 2.97. The van der Waals surface area contributed by atoms with E-state index < -0.39 is 0 Å². The predicted molar refractivity (Wildman–Crippen MR) is 82.9 cm³/mol. The topological polar surface area (TPSA) is 64.9 Å². The van der Waals surface area contributed by atoms with Crippen LogP contribution >= 0.6 is 0 Å². The third-order valence-electron chi connectivity index (χ3n) is 4.43. The molecule has 0 saturated heterocycles. The van der Waals surface area contributed by atoms with Crippen LogP contribution in [0.5, 0.6) is 0 Å². The second kappa shape index (κ2) is 6.39. The largest absolute Gasteiger partial charge is 0.334 e. The summed E-state index contributed by atoms with van der Waals surface area (Å²) in [6, 6.07) is 8.20. The summed E-state index contributed by atoms with van der Waals surface area (Å²) in [5.74, 6) is 2.80. The lowest BCUT2D eigenvalue weighted by molar-refractivity contribution is 0.329. The molecule has 1 heterocycles. The SMILES string of the molecule is CC1CCC(c2noc(-c3cccc(CCN)c3)n2)CC1. The minimum Gasteiger partial charge on any atom is -0.334 e. The van der Waals surface area contributed by atoms with Gasteiger partial charge in [0.15, 0.2) is 5.82 Å². The average molecular weight is 285 g/mol. The number of rotatable bonds is 4. The van der Waals surface area contributed by atoms with E-state index in [1.807, 2.05) is 12.1 Å². The quantitative estimate of drug-likeness (QED) is 0.933. The number of aromatic nitrogens is 2. The zero-order valence-corrected chi connectivity index (χ0v) is 12.6. The van der Waals surface area contributed by atoms with Crippen LogP contribution in [0.1, 0.15) is 49.9 Å². The average Bonchev–Trinajstić information content (AvgIpc) is 2.98. The van der Waals surface area contributed by atoms with Crippen LogP contribution in [0.2, 0.25) is 0 Å². The van der Waals surface area contributed by atoms with Crippen molar-refractivity contribution in [3.8, 4) is 11.5 Å². The molecule has 2 N–H and O–H groups in total. The minimum absolute atomic E-state index is 0.464. The molecule has 112 valence electrons. The van der Waals surface area contributed by atoms with Crippen molar-refractivity contribution in [3.63, 3.8) is 0 Å². The van der Waals surface area contributed by atoms with Gasteiger partial charge >= 0.3 is 0 Å². The molecule has 0 amide bonds. The fourth-order valence-electron chi connectivity index (χ4n) is 3.06. The van der Waals surface area contributed by atoms with Gasteiger partial charge in [0.25, 0.3) is 5.89 Å². The number of nitrogens with two attached hydrogens (primary N) is 1. The van der Waals surface area contributed by atoms with Gasteiger partial charge in [0.1, 0.15) is 0 Å². The molecule has 1 saturated carbocycles. The lowest BCUT2D eigenvalue weighted by Crippen LogP contribution is -2.11. The summed E-state index contributed by atoms with van der Waals surface area (Å²) in [5.41, 5.74) is 7.81. The molecule has 1 aromatic carbocycles. The van der Waals surface area contributed by atoms with Crippen LogP contribution in [0.4, 0.5) is 0 Å². The minimum atomic E-state index is 0.464. The van der Waals surface area contributed by atoms with Crippen molar-refractivity contribution in [3.05, 3.63) is 35.7 Å². The van der Waals surface area contributed by atoms with Crippen LogP contribution < -0.4 is 5.73 Å². The highest BCUT2D eigenvalue weighted by atomic mass is 16.5. The molecular formula is C17H23N3O. The van der Waals surface area contributed by atoms with Crippen molar-refractivity contribution < 1.29 is 4.52 Å². The maximum absolute atomic E-state index is 5.61. The van der Waals surface area contributed by atoms with Gasteiger partial charge in [0, 0.05) is 11.5 Å². The standard InChI is InChI=1S/C17H23N3O/c1-12-5-7-14(8-6-12)16-19-17(21-20-16)15-4-2-3-13(11-15)9-10-18/h2-4,11-12,14H,5-10,18H2,1H3. The molecule has 1 aliphatic rings. The Labute approximate surface area is 125 Å². The van der Waals surface area contributed by atoms with E-state index >= 15 is 0 Å². The molecule has 0 aliphatic heterocycles. The highest BCUT2D eigenvalue weighted by molar-refractivity contribution is 5.54. The van der Waals surface area contributed by atoms with Crippen LogP contribution in [0.15, 0.2) is 28.8 Å². The van der Waals surface area contributed by atoms with Gasteiger partial charge in [0.2, 0.25) is 0 Å². The van der Waals surface area contributed by atoms with E-state index in [1.165, 1.54) is 31.2 Å². The van der Waals surface area contributed by atoms with Gasteiger partial charge in [-0.2, -0.15) is 4.98 Å². The third-order valence-corrected chi connectivity index (χ3v) is 4.43. The molecule has 2 aromatic rings. The monoisotopic (exact) mass is 285 g/mol. The molecule has 0 bridgehead atoms. The van der Waals surface area contributed by atoms with Crippen molar-refractivity contribution in [1.82, 2.24) is 10.1 Å². The fourth-order valence-corrected chi connectivity index (χ4v) is 3.06.